The van der Waals surface area contributed by atoms with Gasteiger partial charge in [-0.15, -0.1) is 5.10 Å². The number of hydrogen-bond donors (Lipinski definition) is 1. The molecule has 0 aliphatic carbocycles. The van der Waals surface area contributed by atoms with Gasteiger partial charge in [0.1, 0.15) is 11.5 Å². The molecule has 0 amide bonds. The molecule has 1 aromatic heterocycles. The van der Waals surface area contributed by atoms with Gasteiger partial charge in [-0.25, -0.2) is 8.78 Å². The lowest BCUT2D eigenvalue weighted by Crippen LogP contribution is -2.03. The molecule has 0 aliphatic heterocycles. The van der Waals surface area contributed by atoms with Crippen molar-refractivity contribution in [1.82, 2.24) is 20.2 Å². The third-order valence-electron chi connectivity index (χ3n) is 2.87. The summed E-state index contributed by atoms with van der Waals surface area (Å²) in [5, 5.41) is 11.4. The first-order chi connectivity index (χ1) is 10.1. The predicted octanol–water partition coefficient (Wildman–Crippen LogP) is 2.84. The minimum Gasteiger partial charge on any atom is -0.398 e. The summed E-state index contributed by atoms with van der Waals surface area (Å²) in [5.41, 5.74) is 6.64. The average Bonchev–Trinajstić information content (AvgIpc) is 2.91. The molecule has 0 fully saturated rings. The molecule has 5 nitrogen and oxygen atoms in total. The summed E-state index contributed by atoms with van der Waals surface area (Å²) in [5.74, 6) is -1.19. The predicted molar refractivity (Wildman–Crippen MR) is 73.9 cm³/mol. The fourth-order valence-electron chi connectivity index (χ4n) is 1.85. The third kappa shape index (κ3) is 2.43. The van der Waals surface area contributed by atoms with Gasteiger partial charge in [0.05, 0.1) is 10.7 Å². The van der Waals surface area contributed by atoms with E-state index in [0.29, 0.717) is 16.3 Å². The monoisotopic (exact) mass is 307 g/mol. The minimum absolute atomic E-state index is 0.0318. The second kappa shape index (κ2) is 5.10. The van der Waals surface area contributed by atoms with Crippen LogP contribution in [0.1, 0.15) is 0 Å². The molecule has 21 heavy (non-hydrogen) atoms. The van der Waals surface area contributed by atoms with Crippen LogP contribution in [0.2, 0.25) is 5.02 Å². The summed E-state index contributed by atoms with van der Waals surface area (Å²) >= 11 is 5.95. The lowest BCUT2D eigenvalue weighted by atomic mass is 10.2. The van der Waals surface area contributed by atoms with Crippen LogP contribution in [0.4, 0.5) is 14.5 Å². The van der Waals surface area contributed by atoms with Crippen LogP contribution in [0.5, 0.6) is 0 Å². The normalized spacial score (nSPS) is 10.8. The van der Waals surface area contributed by atoms with Crippen molar-refractivity contribution in [2.24, 2.45) is 0 Å². The second-order valence-electron chi connectivity index (χ2n) is 4.25. The highest BCUT2D eigenvalue weighted by Crippen LogP contribution is 2.27. The van der Waals surface area contributed by atoms with E-state index < -0.39 is 11.6 Å². The number of anilines is 1. The molecule has 0 bridgehead atoms. The van der Waals surface area contributed by atoms with Crippen LogP contribution in [-0.4, -0.2) is 20.2 Å². The Kier molecular flexibility index (Phi) is 3.26. The van der Waals surface area contributed by atoms with Crippen LogP contribution in [0.25, 0.3) is 17.1 Å². The smallest absolute Gasteiger partial charge is 0.187 e. The first-order valence-electron chi connectivity index (χ1n) is 5.85. The first-order valence-corrected chi connectivity index (χ1v) is 6.23. The van der Waals surface area contributed by atoms with E-state index in [1.165, 1.54) is 6.07 Å². The standard InChI is InChI=1S/C13H8ClF2N5/c14-9-5-7(1-3-11(9)17)13-18-19-20-21(13)12-4-2-8(15)6-10(12)16/h1-6H,17H2. The average molecular weight is 308 g/mol. The van der Waals surface area contributed by atoms with Crippen molar-refractivity contribution in [3.63, 3.8) is 0 Å². The van der Waals surface area contributed by atoms with Crippen LogP contribution in [0.15, 0.2) is 36.4 Å². The number of hydrogen-bond acceptors (Lipinski definition) is 4. The van der Waals surface area contributed by atoms with Gasteiger partial charge in [0.25, 0.3) is 0 Å². The van der Waals surface area contributed by atoms with E-state index in [1.54, 1.807) is 18.2 Å². The van der Waals surface area contributed by atoms with Gasteiger partial charge in [0, 0.05) is 11.6 Å². The Bertz CT molecular complexity index is 818. The zero-order chi connectivity index (χ0) is 15.0. The van der Waals surface area contributed by atoms with Crippen molar-refractivity contribution < 1.29 is 8.78 Å². The molecular formula is C13H8ClF2N5. The van der Waals surface area contributed by atoms with E-state index in [2.05, 4.69) is 15.5 Å². The fraction of sp³-hybridized carbons (Fsp3) is 0. The zero-order valence-corrected chi connectivity index (χ0v) is 11.2. The van der Waals surface area contributed by atoms with Crippen LogP contribution in [0, 0.1) is 11.6 Å². The van der Waals surface area contributed by atoms with Gasteiger partial charge >= 0.3 is 0 Å². The van der Waals surface area contributed by atoms with Gasteiger partial charge in [-0.2, -0.15) is 4.68 Å². The largest absolute Gasteiger partial charge is 0.398 e. The molecule has 0 saturated carbocycles. The van der Waals surface area contributed by atoms with E-state index in [-0.39, 0.29) is 11.5 Å². The second-order valence-corrected chi connectivity index (χ2v) is 4.65. The Morgan fingerprint density at radius 2 is 1.90 bits per heavy atom. The van der Waals surface area contributed by atoms with Crippen molar-refractivity contribution in [3.05, 3.63) is 53.1 Å². The Hall–Kier alpha value is -2.54. The Balaban J connectivity index is 2.14. The van der Waals surface area contributed by atoms with Gasteiger partial charge in [0.15, 0.2) is 11.6 Å². The van der Waals surface area contributed by atoms with Crippen LogP contribution in [0.3, 0.4) is 0 Å². The maximum atomic E-state index is 13.9. The van der Waals surface area contributed by atoms with Crippen molar-refractivity contribution >= 4 is 17.3 Å². The molecule has 0 radical (unpaired) electrons. The highest BCUT2D eigenvalue weighted by Gasteiger charge is 2.15. The van der Waals surface area contributed by atoms with E-state index in [0.717, 1.165) is 16.8 Å². The first kappa shape index (κ1) is 13.4. The SMILES string of the molecule is Nc1ccc(-c2nnnn2-c2ccc(F)cc2F)cc1Cl. The van der Waals surface area contributed by atoms with Gasteiger partial charge in [-0.3, -0.25) is 0 Å². The molecule has 106 valence electrons. The van der Waals surface area contributed by atoms with Crippen LogP contribution >= 0.6 is 11.6 Å². The highest BCUT2D eigenvalue weighted by atomic mass is 35.5. The zero-order valence-electron chi connectivity index (χ0n) is 10.5. The van der Waals surface area contributed by atoms with Gasteiger partial charge in [0.2, 0.25) is 0 Å². The number of nitrogens with zero attached hydrogens (tertiary/aromatic N) is 4. The molecule has 0 spiro atoms. The number of rotatable bonds is 2. The Morgan fingerprint density at radius 1 is 1.10 bits per heavy atom. The number of nitrogen functional groups attached to an aromatic ring is 1. The molecule has 2 aromatic carbocycles. The maximum Gasteiger partial charge on any atom is 0.187 e. The highest BCUT2D eigenvalue weighted by molar-refractivity contribution is 6.33. The number of nitrogens with two attached hydrogens (primary N) is 1. The fourth-order valence-corrected chi connectivity index (χ4v) is 2.03. The molecule has 2 N–H and O–H groups in total. The summed E-state index contributed by atoms with van der Waals surface area (Å²) in [4.78, 5) is 0. The summed E-state index contributed by atoms with van der Waals surface area (Å²) in [6, 6.07) is 7.96. The number of benzene rings is 2. The van der Waals surface area contributed by atoms with Crippen molar-refractivity contribution in [2.45, 2.75) is 0 Å². The number of halogens is 3. The molecule has 0 saturated heterocycles. The van der Waals surface area contributed by atoms with E-state index in [4.69, 9.17) is 17.3 Å². The summed E-state index contributed by atoms with van der Waals surface area (Å²) in [6.07, 6.45) is 0. The summed E-state index contributed by atoms with van der Waals surface area (Å²) in [7, 11) is 0. The number of aromatic nitrogens is 4. The van der Waals surface area contributed by atoms with Crippen molar-refractivity contribution in [1.29, 1.82) is 0 Å². The molecule has 3 aromatic rings. The molecule has 3 rings (SSSR count). The quantitative estimate of drug-likeness (QED) is 0.739. The van der Waals surface area contributed by atoms with Crippen LogP contribution < -0.4 is 5.73 Å². The van der Waals surface area contributed by atoms with E-state index >= 15 is 0 Å². The minimum atomic E-state index is -0.773. The molecular weight excluding hydrogens is 300 g/mol. The molecule has 0 aliphatic rings. The van der Waals surface area contributed by atoms with E-state index in [9.17, 15) is 8.78 Å². The Labute approximate surface area is 123 Å². The van der Waals surface area contributed by atoms with E-state index in [1.807, 2.05) is 0 Å². The summed E-state index contributed by atoms with van der Waals surface area (Å²) < 4.78 is 28.0. The van der Waals surface area contributed by atoms with Crippen molar-refractivity contribution in [2.75, 3.05) is 5.73 Å². The van der Waals surface area contributed by atoms with Gasteiger partial charge in [-0.1, -0.05) is 11.6 Å². The van der Waals surface area contributed by atoms with Gasteiger partial charge < -0.3 is 5.73 Å². The molecule has 0 atom stereocenters. The maximum absolute atomic E-state index is 13.9. The molecule has 1 heterocycles. The summed E-state index contributed by atoms with van der Waals surface area (Å²) in [6.45, 7) is 0. The third-order valence-corrected chi connectivity index (χ3v) is 3.19. The lowest BCUT2D eigenvalue weighted by molar-refractivity contribution is 0.572. The van der Waals surface area contributed by atoms with Crippen LogP contribution in [-0.2, 0) is 0 Å². The lowest BCUT2D eigenvalue weighted by Gasteiger charge is -2.07. The molecule has 8 heteroatoms. The van der Waals surface area contributed by atoms with Gasteiger partial charge in [-0.05, 0) is 40.8 Å². The Morgan fingerprint density at radius 3 is 2.62 bits per heavy atom. The number of tetrazole rings is 1. The molecule has 0 unspecified atom stereocenters. The van der Waals surface area contributed by atoms with Crippen molar-refractivity contribution in [3.8, 4) is 17.1 Å². The topological polar surface area (TPSA) is 69.6 Å².